The number of hydrogen-bond acceptors (Lipinski definition) is 5. The van der Waals surface area contributed by atoms with E-state index < -0.39 is 4.92 Å². The average molecular weight is 357 g/mol. The van der Waals surface area contributed by atoms with Gasteiger partial charge in [0.2, 0.25) is 0 Å². The van der Waals surface area contributed by atoms with Crippen LogP contribution in [0.15, 0.2) is 30.6 Å². The summed E-state index contributed by atoms with van der Waals surface area (Å²) < 4.78 is 2.12. The third-order valence-electron chi connectivity index (χ3n) is 4.97. The van der Waals surface area contributed by atoms with Crippen LogP contribution in [0, 0.1) is 24.0 Å². The molecule has 0 spiro atoms. The Morgan fingerprint density at radius 3 is 2.54 bits per heavy atom. The molecule has 2 aromatic rings. The molecule has 1 aromatic carbocycles. The molecule has 8 heteroatoms. The summed E-state index contributed by atoms with van der Waals surface area (Å²) in [4.78, 5) is 31.7. The summed E-state index contributed by atoms with van der Waals surface area (Å²) in [5.41, 5.74) is 0.840. The molecule has 0 bridgehead atoms. The minimum atomic E-state index is -0.442. The molecule has 0 saturated carbocycles. The monoisotopic (exact) mass is 357 g/mol. The molecular formula is C18H23N5O3. The third kappa shape index (κ3) is 3.75. The molecule has 8 nitrogen and oxygen atoms in total. The quantitative estimate of drug-likeness (QED) is 0.602. The summed E-state index contributed by atoms with van der Waals surface area (Å²) in [6, 6.07) is 4.67. The molecule has 0 unspecified atom stereocenters. The molecular weight excluding hydrogens is 334 g/mol. The maximum absolute atomic E-state index is 12.8. The summed E-state index contributed by atoms with van der Waals surface area (Å²) in [6.07, 6.45) is 3.77. The average Bonchev–Trinajstić information content (AvgIpc) is 3.05. The van der Waals surface area contributed by atoms with Gasteiger partial charge in [-0.3, -0.25) is 19.8 Å². The van der Waals surface area contributed by atoms with Crippen molar-refractivity contribution < 1.29 is 9.72 Å². The smallest absolute Gasteiger partial charge is 0.273 e. The van der Waals surface area contributed by atoms with Gasteiger partial charge in [0.25, 0.3) is 11.6 Å². The number of aryl methyl sites for hydroxylation is 1. The first-order valence-corrected chi connectivity index (χ1v) is 8.70. The van der Waals surface area contributed by atoms with Gasteiger partial charge in [-0.2, -0.15) is 0 Å². The summed E-state index contributed by atoms with van der Waals surface area (Å²) >= 11 is 0. The SMILES string of the molecule is Cc1c(C(=O)N2CCN(CCn3ccnc3C)CC2)cccc1[N+](=O)[O-]. The van der Waals surface area contributed by atoms with E-state index >= 15 is 0 Å². The number of carbonyl (C=O) groups excluding carboxylic acids is 1. The highest BCUT2D eigenvalue weighted by Gasteiger charge is 2.25. The van der Waals surface area contributed by atoms with Crippen molar-refractivity contribution in [3.05, 3.63) is 57.7 Å². The van der Waals surface area contributed by atoms with Crippen molar-refractivity contribution >= 4 is 11.6 Å². The molecule has 1 saturated heterocycles. The van der Waals surface area contributed by atoms with Crippen molar-refractivity contribution in [3.8, 4) is 0 Å². The largest absolute Gasteiger partial charge is 0.336 e. The van der Waals surface area contributed by atoms with Gasteiger partial charge >= 0.3 is 0 Å². The first-order chi connectivity index (χ1) is 12.5. The normalized spacial score (nSPS) is 15.2. The van der Waals surface area contributed by atoms with Gasteiger partial charge in [-0.15, -0.1) is 0 Å². The first kappa shape index (κ1) is 18.1. The van der Waals surface area contributed by atoms with Crippen molar-refractivity contribution in [2.45, 2.75) is 20.4 Å². The van der Waals surface area contributed by atoms with Crippen LogP contribution in [-0.2, 0) is 6.54 Å². The van der Waals surface area contributed by atoms with Crippen LogP contribution in [-0.4, -0.2) is 62.9 Å². The van der Waals surface area contributed by atoms with Gasteiger partial charge in [0.15, 0.2) is 0 Å². The highest BCUT2D eigenvalue weighted by Crippen LogP contribution is 2.22. The lowest BCUT2D eigenvalue weighted by molar-refractivity contribution is -0.385. The van der Waals surface area contributed by atoms with Crippen LogP contribution in [0.5, 0.6) is 0 Å². The van der Waals surface area contributed by atoms with Crippen molar-refractivity contribution in [1.29, 1.82) is 0 Å². The van der Waals surface area contributed by atoms with Crippen LogP contribution in [0.25, 0.3) is 0 Å². The lowest BCUT2D eigenvalue weighted by Gasteiger charge is -2.35. The number of benzene rings is 1. The molecule has 1 aliphatic heterocycles. The zero-order chi connectivity index (χ0) is 18.7. The van der Waals surface area contributed by atoms with E-state index in [4.69, 9.17) is 0 Å². The number of nitrogens with zero attached hydrogens (tertiary/aromatic N) is 5. The first-order valence-electron chi connectivity index (χ1n) is 8.70. The Morgan fingerprint density at radius 1 is 1.19 bits per heavy atom. The number of piperazine rings is 1. The van der Waals surface area contributed by atoms with Gasteiger partial charge in [-0.25, -0.2) is 4.98 Å². The number of carbonyl (C=O) groups is 1. The Bertz CT molecular complexity index is 809. The summed E-state index contributed by atoms with van der Waals surface area (Å²) in [7, 11) is 0. The van der Waals surface area contributed by atoms with Gasteiger partial charge < -0.3 is 9.47 Å². The Hall–Kier alpha value is -2.74. The predicted octanol–water partition coefficient (Wildman–Crippen LogP) is 1.87. The van der Waals surface area contributed by atoms with Crippen molar-refractivity contribution in [2.24, 2.45) is 0 Å². The molecule has 0 aliphatic carbocycles. The predicted molar refractivity (Wildman–Crippen MR) is 97.1 cm³/mol. The molecule has 3 rings (SSSR count). The number of rotatable bonds is 5. The van der Waals surface area contributed by atoms with Gasteiger partial charge in [0.1, 0.15) is 5.82 Å². The van der Waals surface area contributed by atoms with E-state index in [0.717, 1.165) is 32.0 Å². The number of nitro groups is 1. The fraction of sp³-hybridized carbons (Fsp3) is 0.444. The molecule has 0 atom stereocenters. The number of nitro benzene ring substituents is 1. The van der Waals surface area contributed by atoms with E-state index in [-0.39, 0.29) is 11.6 Å². The third-order valence-corrected chi connectivity index (χ3v) is 4.97. The molecule has 26 heavy (non-hydrogen) atoms. The van der Waals surface area contributed by atoms with Gasteiger partial charge in [0.05, 0.1) is 4.92 Å². The maximum Gasteiger partial charge on any atom is 0.273 e. The zero-order valence-electron chi connectivity index (χ0n) is 15.1. The van der Waals surface area contributed by atoms with Crippen molar-refractivity contribution in [2.75, 3.05) is 32.7 Å². The second-order valence-corrected chi connectivity index (χ2v) is 6.51. The lowest BCUT2D eigenvalue weighted by Crippen LogP contribution is -2.49. The Balaban J connectivity index is 1.58. The maximum atomic E-state index is 12.8. The molecule has 138 valence electrons. The standard InChI is InChI=1S/C18H23N5O3/c1-14-16(4-3-5-17(14)23(25)26)18(24)22-12-9-20(10-13-22)8-11-21-7-6-19-15(21)2/h3-7H,8-13H2,1-2H3. The van der Waals surface area contributed by atoms with E-state index in [1.165, 1.54) is 6.07 Å². The zero-order valence-corrected chi connectivity index (χ0v) is 15.1. The fourth-order valence-corrected chi connectivity index (χ4v) is 3.29. The number of imidazole rings is 1. The number of hydrogen-bond donors (Lipinski definition) is 0. The van der Waals surface area contributed by atoms with Crippen LogP contribution in [0.2, 0.25) is 0 Å². The molecule has 0 N–H and O–H groups in total. The second-order valence-electron chi connectivity index (χ2n) is 6.51. The molecule has 1 amide bonds. The van der Waals surface area contributed by atoms with Gasteiger partial charge in [-0.1, -0.05) is 6.07 Å². The van der Waals surface area contributed by atoms with Crippen LogP contribution < -0.4 is 0 Å². The van der Waals surface area contributed by atoms with E-state index in [9.17, 15) is 14.9 Å². The van der Waals surface area contributed by atoms with Crippen LogP contribution in [0.1, 0.15) is 21.7 Å². The summed E-state index contributed by atoms with van der Waals surface area (Å²) in [6.45, 7) is 8.26. The summed E-state index contributed by atoms with van der Waals surface area (Å²) in [5.74, 6) is 0.872. The molecule has 0 radical (unpaired) electrons. The highest BCUT2D eigenvalue weighted by atomic mass is 16.6. The minimum absolute atomic E-state index is 0.00909. The Labute approximate surface area is 152 Å². The number of aromatic nitrogens is 2. The van der Waals surface area contributed by atoms with Crippen LogP contribution in [0.3, 0.4) is 0 Å². The molecule has 2 heterocycles. The molecule has 1 fully saturated rings. The molecule has 1 aliphatic rings. The Morgan fingerprint density at radius 2 is 1.92 bits per heavy atom. The van der Waals surface area contributed by atoms with Crippen LogP contribution in [0.4, 0.5) is 5.69 Å². The van der Waals surface area contributed by atoms with Gasteiger partial charge in [0, 0.05) is 68.9 Å². The second kappa shape index (κ2) is 7.65. The number of amides is 1. The van der Waals surface area contributed by atoms with E-state index in [0.29, 0.717) is 24.2 Å². The van der Waals surface area contributed by atoms with Crippen molar-refractivity contribution in [3.63, 3.8) is 0 Å². The van der Waals surface area contributed by atoms with Crippen molar-refractivity contribution in [1.82, 2.24) is 19.4 Å². The van der Waals surface area contributed by atoms with Gasteiger partial charge in [-0.05, 0) is 19.9 Å². The Kier molecular flexibility index (Phi) is 5.32. The summed E-state index contributed by atoms with van der Waals surface area (Å²) in [5, 5.41) is 11.1. The minimum Gasteiger partial charge on any atom is -0.336 e. The van der Waals surface area contributed by atoms with E-state index in [1.54, 1.807) is 30.2 Å². The van der Waals surface area contributed by atoms with Crippen LogP contribution >= 0.6 is 0 Å². The lowest BCUT2D eigenvalue weighted by atomic mass is 10.1. The molecule has 1 aromatic heterocycles. The highest BCUT2D eigenvalue weighted by molar-refractivity contribution is 5.96. The fourth-order valence-electron chi connectivity index (χ4n) is 3.29. The van der Waals surface area contributed by atoms with E-state index in [1.807, 2.05) is 13.1 Å². The topological polar surface area (TPSA) is 84.5 Å². The van der Waals surface area contributed by atoms with E-state index in [2.05, 4.69) is 14.5 Å².